The Labute approximate surface area is 173 Å². The molecule has 4 nitrogen and oxygen atoms in total. The highest BCUT2D eigenvalue weighted by atomic mass is 79.9. The molecule has 0 heterocycles. The maximum absolute atomic E-state index is 12.9. The van der Waals surface area contributed by atoms with Crippen molar-refractivity contribution >= 4 is 31.7 Å². The topological polar surface area (TPSA) is 63.2 Å². The van der Waals surface area contributed by atoms with E-state index in [2.05, 4.69) is 20.7 Å². The Balaban J connectivity index is 1.90. The van der Waals surface area contributed by atoms with Gasteiger partial charge < -0.3 is 0 Å². The van der Waals surface area contributed by atoms with E-state index in [9.17, 15) is 13.2 Å². The first-order valence-corrected chi connectivity index (χ1v) is 11.1. The van der Waals surface area contributed by atoms with Gasteiger partial charge in [-0.25, -0.2) is 13.1 Å². The smallest absolute Gasteiger partial charge is 0.241 e. The lowest BCUT2D eigenvalue weighted by Gasteiger charge is -2.19. The molecule has 3 aromatic carbocycles. The van der Waals surface area contributed by atoms with Crippen LogP contribution in [0.4, 0.5) is 0 Å². The number of benzene rings is 3. The van der Waals surface area contributed by atoms with Gasteiger partial charge in [-0.15, -0.1) is 0 Å². The standard InChI is InChI=1S/C22H20BrNO3S/c1-16-7-13-20(14-8-16)28(26,27)24-21(17-9-11-19(23)12-10-17)15-22(25)18-5-3-2-4-6-18/h2-14,21,24H,15H2,1H3. The Bertz CT molecular complexity index is 1050. The monoisotopic (exact) mass is 457 g/mol. The van der Waals surface area contributed by atoms with Gasteiger partial charge >= 0.3 is 0 Å². The van der Waals surface area contributed by atoms with E-state index in [0.717, 1.165) is 15.6 Å². The normalized spacial score (nSPS) is 12.5. The summed E-state index contributed by atoms with van der Waals surface area (Å²) < 4.78 is 29.3. The van der Waals surface area contributed by atoms with E-state index in [4.69, 9.17) is 0 Å². The minimum atomic E-state index is -3.78. The molecule has 144 valence electrons. The Morgan fingerprint density at radius 3 is 2.14 bits per heavy atom. The van der Waals surface area contributed by atoms with Gasteiger partial charge in [-0.05, 0) is 36.8 Å². The van der Waals surface area contributed by atoms with Crippen molar-refractivity contribution in [1.82, 2.24) is 4.72 Å². The molecule has 0 fully saturated rings. The van der Waals surface area contributed by atoms with Crippen molar-refractivity contribution in [2.75, 3.05) is 0 Å². The third-order valence-corrected chi connectivity index (χ3v) is 6.40. The fraction of sp³-hybridized carbons (Fsp3) is 0.136. The van der Waals surface area contributed by atoms with Crippen molar-refractivity contribution in [3.63, 3.8) is 0 Å². The molecular formula is C22H20BrNO3S. The van der Waals surface area contributed by atoms with Gasteiger partial charge in [0.1, 0.15) is 0 Å². The van der Waals surface area contributed by atoms with Crippen LogP contribution >= 0.6 is 15.9 Å². The van der Waals surface area contributed by atoms with Crippen LogP contribution in [0.25, 0.3) is 0 Å². The number of aryl methyl sites for hydroxylation is 1. The molecule has 0 aliphatic carbocycles. The molecule has 1 unspecified atom stereocenters. The number of sulfonamides is 1. The minimum Gasteiger partial charge on any atom is -0.294 e. The second kappa shape index (κ2) is 8.82. The lowest BCUT2D eigenvalue weighted by Crippen LogP contribution is -2.30. The van der Waals surface area contributed by atoms with E-state index < -0.39 is 16.1 Å². The van der Waals surface area contributed by atoms with Gasteiger partial charge in [0.25, 0.3) is 0 Å². The molecule has 1 N–H and O–H groups in total. The molecule has 6 heteroatoms. The van der Waals surface area contributed by atoms with Crippen LogP contribution in [0.3, 0.4) is 0 Å². The highest BCUT2D eigenvalue weighted by molar-refractivity contribution is 9.10. The predicted octanol–water partition coefficient (Wildman–Crippen LogP) is 5.05. The van der Waals surface area contributed by atoms with Crippen molar-refractivity contribution in [2.45, 2.75) is 24.3 Å². The van der Waals surface area contributed by atoms with E-state index in [1.807, 2.05) is 37.3 Å². The van der Waals surface area contributed by atoms with E-state index in [-0.39, 0.29) is 17.1 Å². The first-order chi connectivity index (χ1) is 13.3. The zero-order valence-electron chi connectivity index (χ0n) is 15.3. The molecule has 3 aromatic rings. The first kappa shape index (κ1) is 20.5. The van der Waals surface area contributed by atoms with E-state index >= 15 is 0 Å². The average molecular weight is 458 g/mol. The quantitative estimate of drug-likeness (QED) is 0.504. The van der Waals surface area contributed by atoms with Gasteiger partial charge in [-0.3, -0.25) is 4.79 Å². The molecule has 0 radical (unpaired) electrons. The highest BCUT2D eigenvalue weighted by Gasteiger charge is 2.24. The van der Waals surface area contributed by atoms with E-state index in [1.54, 1.807) is 48.5 Å². The molecule has 0 spiro atoms. The molecule has 0 saturated carbocycles. The summed E-state index contributed by atoms with van der Waals surface area (Å²) in [7, 11) is -3.78. The third-order valence-electron chi connectivity index (χ3n) is 4.39. The average Bonchev–Trinajstić information content (AvgIpc) is 2.69. The van der Waals surface area contributed by atoms with Gasteiger partial charge in [0.15, 0.2) is 5.78 Å². The lowest BCUT2D eigenvalue weighted by atomic mass is 9.99. The Morgan fingerprint density at radius 2 is 1.54 bits per heavy atom. The number of carbonyl (C=O) groups excluding carboxylic acids is 1. The van der Waals surface area contributed by atoms with E-state index in [0.29, 0.717) is 5.56 Å². The summed E-state index contributed by atoms with van der Waals surface area (Å²) in [5.41, 5.74) is 2.25. The molecular weight excluding hydrogens is 438 g/mol. The molecule has 0 amide bonds. The summed E-state index contributed by atoms with van der Waals surface area (Å²) in [5.74, 6) is -0.125. The maximum atomic E-state index is 12.9. The van der Waals surface area contributed by atoms with Crippen LogP contribution in [-0.4, -0.2) is 14.2 Å². The molecule has 1 atom stereocenters. The maximum Gasteiger partial charge on any atom is 0.241 e. The fourth-order valence-electron chi connectivity index (χ4n) is 2.82. The minimum absolute atomic E-state index is 0.0245. The number of Topliss-reactive ketones (excluding diaryl/α,β-unsaturated/α-hetero) is 1. The number of halogens is 1. The second-order valence-electron chi connectivity index (χ2n) is 6.53. The summed E-state index contributed by atoms with van der Waals surface area (Å²) >= 11 is 3.38. The molecule has 0 aliphatic rings. The van der Waals surface area contributed by atoms with Crippen LogP contribution < -0.4 is 4.72 Å². The van der Waals surface area contributed by atoms with Crippen molar-refractivity contribution in [2.24, 2.45) is 0 Å². The molecule has 3 rings (SSSR count). The number of hydrogen-bond donors (Lipinski definition) is 1. The largest absolute Gasteiger partial charge is 0.294 e. The fourth-order valence-corrected chi connectivity index (χ4v) is 4.31. The predicted molar refractivity (Wildman–Crippen MR) is 114 cm³/mol. The number of ketones is 1. The van der Waals surface area contributed by atoms with Crippen molar-refractivity contribution in [1.29, 1.82) is 0 Å². The van der Waals surface area contributed by atoms with Crippen LogP contribution in [0.15, 0.2) is 88.2 Å². The van der Waals surface area contributed by atoms with Crippen molar-refractivity contribution in [3.05, 3.63) is 100 Å². The van der Waals surface area contributed by atoms with Crippen LogP contribution in [-0.2, 0) is 10.0 Å². The zero-order valence-corrected chi connectivity index (χ0v) is 17.7. The summed E-state index contributed by atoms with van der Waals surface area (Å²) in [6.07, 6.45) is 0.0245. The SMILES string of the molecule is Cc1ccc(S(=O)(=O)NC(CC(=O)c2ccccc2)c2ccc(Br)cc2)cc1. The van der Waals surface area contributed by atoms with Gasteiger partial charge in [0, 0.05) is 16.5 Å². The third kappa shape index (κ3) is 5.16. The number of nitrogens with one attached hydrogen (secondary N) is 1. The number of hydrogen-bond acceptors (Lipinski definition) is 3. The first-order valence-electron chi connectivity index (χ1n) is 8.78. The van der Waals surface area contributed by atoms with Crippen molar-refractivity contribution < 1.29 is 13.2 Å². The Hall–Kier alpha value is -2.28. The molecule has 0 saturated heterocycles. The van der Waals surface area contributed by atoms with Gasteiger partial charge in [-0.1, -0.05) is 76.1 Å². The number of carbonyl (C=O) groups is 1. The van der Waals surface area contributed by atoms with Gasteiger partial charge in [-0.2, -0.15) is 0 Å². The molecule has 0 bridgehead atoms. The summed E-state index contributed by atoms with van der Waals surface area (Å²) in [6.45, 7) is 1.90. The van der Waals surface area contributed by atoms with Crippen molar-refractivity contribution in [3.8, 4) is 0 Å². The summed E-state index contributed by atoms with van der Waals surface area (Å²) in [6, 6.07) is 22.1. The van der Waals surface area contributed by atoms with Crippen LogP contribution in [0.5, 0.6) is 0 Å². The molecule has 28 heavy (non-hydrogen) atoms. The van der Waals surface area contributed by atoms with Crippen LogP contribution in [0.1, 0.15) is 33.9 Å². The molecule has 0 aromatic heterocycles. The Kier molecular flexibility index (Phi) is 6.44. The van der Waals surface area contributed by atoms with Gasteiger partial charge in [0.2, 0.25) is 10.0 Å². The molecule has 0 aliphatic heterocycles. The second-order valence-corrected chi connectivity index (χ2v) is 9.16. The number of rotatable bonds is 7. The zero-order chi connectivity index (χ0) is 20.1. The highest BCUT2D eigenvalue weighted by Crippen LogP contribution is 2.24. The summed E-state index contributed by atoms with van der Waals surface area (Å²) in [5, 5.41) is 0. The Morgan fingerprint density at radius 1 is 0.929 bits per heavy atom. The summed E-state index contributed by atoms with van der Waals surface area (Å²) in [4.78, 5) is 12.9. The van der Waals surface area contributed by atoms with Crippen LogP contribution in [0, 0.1) is 6.92 Å². The lowest BCUT2D eigenvalue weighted by molar-refractivity contribution is 0.0972. The van der Waals surface area contributed by atoms with Crippen LogP contribution in [0.2, 0.25) is 0 Å². The van der Waals surface area contributed by atoms with Gasteiger partial charge in [0.05, 0.1) is 10.9 Å². The van der Waals surface area contributed by atoms with E-state index in [1.165, 1.54) is 0 Å².